The highest BCUT2D eigenvalue weighted by molar-refractivity contribution is 9.10. The van der Waals surface area contributed by atoms with E-state index in [9.17, 15) is 0 Å². The maximum atomic E-state index is 9.01. The van der Waals surface area contributed by atoms with Gasteiger partial charge < -0.3 is 5.11 Å². The van der Waals surface area contributed by atoms with Gasteiger partial charge in [0.2, 0.25) is 0 Å². The summed E-state index contributed by atoms with van der Waals surface area (Å²) in [4.78, 5) is 0. The van der Waals surface area contributed by atoms with E-state index in [1.54, 1.807) is 10.9 Å². The van der Waals surface area contributed by atoms with E-state index in [1.807, 2.05) is 24.3 Å². The van der Waals surface area contributed by atoms with E-state index in [4.69, 9.17) is 16.7 Å². The SMILES string of the molecule is OCc1cnn(Cc2ccccc2Br)c1Cl. The summed E-state index contributed by atoms with van der Waals surface area (Å²) in [5.74, 6) is 0. The number of hydrogen-bond donors (Lipinski definition) is 1. The first-order chi connectivity index (χ1) is 7.72. The van der Waals surface area contributed by atoms with Gasteiger partial charge in [0.15, 0.2) is 0 Å². The molecule has 1 N–H and O–H groups in total. The van der Waals surface area contributed by atoms with E-state index in [0.29, 0.717) is 17.3 Å². The normalized spacial score (nSPS) is 10.7. The quantitative estimate of drug-likeness (QED) is 0.946. The van der Waals surface area contributed by atoms with Gasteiger partial charge in [-0.15, -0.1) is 0 Å². The Kier molecular flexibility index (Phi) is 3.63. The standard InChI is InChI=1S/C11H10BrClN2O/c12-10-4-2-1-3-8(10)6-15-11(13)9(7-16)5-14-15/h1-5,16H,6-7H2. The number of aliphatic hydroxyl groups excluding tert-OH is 1. The third kappa shape index (κ3) is 2.29. The number of hydrogen-bond acceptors (Lipinski definition) is 2. The second-order valence-corrected chi connectivity index (χ2v) is 4.58. The Morgan fingerprint density at radius 3 is 2.69 bits per heavy atom. The van der Waals surface area contributed by atoms with E-state index in [0.717, 1.165) is 10.0 Å². The minimum atomic E-state index is -0.0885. The average Bonchev–Trinajstić information content (AvgIpc) is 2.63. The molecule has 1 aromatic carbocycles. The third-order valence-electron chi connectivity index (χ3n) is 2.29. The lowest BCUT2D eigenvalue weighted by molar-refractivity contribution is 0.282. The second-order valence-electron chi connectivity index (χ2n) is 3.37. The summed E-state index contributed by atoms with van der Waals surface area (Å²) < 4.78 is 2.68. The van der Waals surface area contributed by atoms with Gasteiger partial charge in [0, 0.05) is 10.0 Å². The monoisotopic (exact) mass is 300 g/mol. The van der Waals surface area contributed by atoms with E-state index in [-0.39, 0.29) is 6.61 Å². The molecule has 0 amide bonds. The molecule has 0 atom stereocenters. The van der Waals surface area contributed by atoms with Crippen molar-refractivity contribution in [3.8, 4) is 0 Å². The zero-order valence-electron chi connectivity index (χ0n) is 8.40. The molecule has 0 radical (unpaired) electrons. The average molecular weight is 302 g/mol. The van der Waals surface area contributed by atoms with Crippen LogP contribution in [-0.4, -0.2) is 14.9 Å². The molecule has 2 rings (SSSR count). The van der Waals surface area contributed by atoms with Crippen molar-refractivity contribution < 1.29 is 5.11 Å². The van der Waals surface area contributed by atoms with Crippen LogP contribution in [0, 0.1) is 0 Å². The van der Waals surface area contributed by atoms with Gasteiger partial charge in [0.05, 0.1) is 19.3 Å². The van der Waals surface area contributed by atoms with Crippen LogP contribution in [0.25, 0.3) is 0 Å². The van der Waals surface area contributed by atoms with Crippen LogP contribution in [0.3, 0.4) is 0 Å². The van der Waals surface area contributed by atoms with Gasteiger partial charge in [0.25, 0.3) is 0 Å². The lowest BCUT2D eigenvalue weighted by Crippen LogP contribution is -2.02. The highest BCUT2D eigenvalue weighted by atomic mass is 79.9. The summed E-state index contributed by atoms with van der Waals surface area (Å²) in [6.07, 6.45) is 1.58. The molecular weight excluding hydrogens is 291 g/mol. The lowest BCUT2D eigenvalue weighted by Gasteiger charge is -2.05. The number of aromatic nitrogens is 2. The summed E-state index contributed by atoms with van der Waals surface area (Å²) in [6, 6.07) is 7.89. The molecule has 0 aliphatic heterocycles. The van der Waals surface area contributed by atoms with Crippen molar-refractivity contribution in [2.75, 3.05) is 0 Å². The van der Waals surface area contributed by atoms with E-state index >= 15 is 0 Å². The Morgan fingerprint density at radius 1 is 1.31 bits per heavy atom. The first-order valence-corrected chi connectivity index (χ1v) is 5.94. The van der Waals surface area contributed by atoms with Gasteiger partial charge in [0.1, 0.15) is 5.15 Å². The molecule has 0 spiro atoms. The zero-order chi connectivity index (χ0) is 11.5. The number of aliphatic hydroxyl groups is 1. The number of nitrogens with zero attached hydrogens (tertiary/aromatic N) is 2. The number of rotatable bonds is 3. The van der Waals surface area contributed by atoms with Gasteiger partial charge in [-0.25, -0.2) is 4.68 Å². The zero-order valence-corrected chi connectivity index (χ0v) is 10.7. The molecule has 0 saturated heterocycles. The van der Waals surface area contributed by atoms with Gasteiger partial charge in [-0.2, -0.15) is 5.10 Å². The first-order valence-electron chi connectivity index (χ1n) is 4.77. The largest absolute Gasteiger partial charge is 0.392 e. The van der Waals surface area contributed by atoms with Crippen LogP contribution in [0.2, 0.25) is 5.15 Å². The molecule has 1 aromatic heterocycles. The molecule has 1 heterocycles. The van der Waals surface area contributed by atoms with E-state index in [1.165, 1.54) is 0 Å². The Hall–Kier alpha value is -0.840. The van der Waals surface area contributed by atoms with Crippen LogP contribution in [0.4, 0.5) is 0 Å². The maximum absolute atomic E-state index is 9.01. The van der Waals surface area contributed by atoms with Crippen LogP contribution in [0.15, 0.2) is 34.9 Å². The number of benzene rings is 1. The van der Waals surface area contributed by atoms with E-state index < -0.39 is 0 Å². The lowest BCUT2D eigenvalue weighted by atomic mass is 10.2. The van der Waals surface area contributed by atoms with Crippen LogP contribution in [-0.2, 0) is 13.2 Å². The summed E-state index contributed by atoms with van der Waals surface area (Å²) >= 11 is 9.52. The Morgan fingerprint density at radius 2 is 2.06 bits per heavy atom. The minimum Gasteiger partial charge on any atom is -0.392 e. The summed E-state index contributed by atoms with van der Waals surface area (Å²) in [5, 5.41) is 13.6. The molecule has 84 valence electrons. The topological polar surface area (TPSA) is 38.1 Å². The van der Waals surface area contributed by atoms with E-state index in [2.05, 4.69) is 21.0 Å². The molecule has 16 heavy (non-hydrogen) atoms. The van der Waals surface area contributed by atoms with Gasteiger partial charge in [-0.05, 0) is 11.6 Å². The van der Waals surface area contributed by atoms with Gasteiger partial charge in [-0.3, -0.25) is 0 Å². The summed E-state index contributed by atoms with van der Waals surface area (Å²) in [6.45, 7) is 0.495. The third-order valence-corrected chi connectivity index (χ3v) is 3.50. The molecule has 0 aliphatic carbocycles. The van der Waals surface area contributed by atoms with Gasteiger partial charge >= 0.3 is 0 Å². The van der Waals surface area contributed by atoms with Gasteiger partial charge in [-0.1, -0.05) is 45.7 Å². The highest BCUT2D eigenvalue weighted by Crippen LogP contribution is 2.20. The predicted molar refractivity (Wildman–Crippen MR) is 66.4 cm³/mol. The fourth-order valence-corrected chi connectivity index (χ4v) is 2.04. The molecular formula is C11H10BrClN2O. The van der Waals surface area contributed by atoms with Crippen LogP contribution in [0.5, 0.6) is 0 Å². The Labute approximate surface area is 107 Å². The second kappa shape index (κ2) is 4.99. The highest BCUT2D eigenvalue weighted by Gasteiger charge is 2.08. The predicted octanol–water partition coefficient (Wildman–Crippen LogP) is 2.84. The van der Waals surface area contributed by atoms with Crippen molar-refractivity contribution in [1.82, 2.24) is 9.78 Å². The molecule has 5 heteroatoms. The van der Waals surface area contributed by atoms with Crippen LogP contribution < -0.4 is 0 Å². The van der Waals surface area contributed by atoms with Crippen molar-refractivity contribution in [2.45, 2.75) is 13.2 Å². The van der Waals surface area contributed by atoms with Crippen molar-refractivity contribution in [2.24, 2.45) is 0 Å². The fourth-order valence-electron chi connectivity index (χ4n) is 1.41. The van der Waals surface area contributed by atoms with Crippen molar-refractivity contribution in [3.63, 3.8) is 0 Å². The Bertz CT molecular complexity index is 498. The first kappa shape index (κ1) is 11.6. The van der Waals surface area contributed by atoms with Crippen molar-refractivity contribution in [1.29, 1.82) is 0 Å². The van der Waals surface area contributed by atoms with Crippen LogP contribution in [0.1, 0.15) is 11.1 Å². The molecule has 0 bridgehead atoms. The van der Waals surface area contributed by atoms with Crippen molar-refractivity contribution >= 4 is 27.5 Å². The molecule has 0 fully saturated rings. The molecule has 0 aliphatic rings. The molecule has 0 unspecified atom stereocenters. The molecule has 0 saturated carbocycles. The van der Waals surface area contributed by atoms with Crippen molar-refractivity contribution in [3.05, 3.63) is 51.2 Å². The maximum Gasteiger partial charge on any atom is 0.132 e. The molecule has 3 nitrogen and oxygen atoms in total. The van der Waals surface area contributed by atoms with Crippen LogP contribution >= 0.6 is 27.5 Å². The minimum absolute atomic E-state index is 0.0885. The fraction of sp³-hybridized carbons (Fsp3) is 0.182. The molecule has 2 aromatic rings. The Balaban J connectivity index is 2.27. The summed E-state index contributed by atoms with van der Waals surface area (Å²) in [5.41, 5.74) is 1.74. The smallest absolute Gasteiger partial charge is 0.132 e. The number of halogens is 2. The summed E-state index contributed by atoms with van der Waals surface area (Å²) in [7, 11) is 0.